The van der Waals surface area contributed by atoms with Crippen LogP contribution in [0.3, 0.4) is 0 Å². The highest BCUT2D eigenvalue weighted by Gasteiger charge is 2.36. The summed E-state index contributed by atoms with van der Waals surface area (Å²) in [4.78, 5) is 11.6. The minimum Gasteiger partial charge on any atom is -0.481 e. The molecule has 1 aromatic carbocycles. The molecule has 1 N–H and O–H groups in total. The molecule has 1 heterocycles. The van der Waals surface area contributed by atoms with Crippen molar-refractivity contribution in [3.63, 3.8) is 0 Å². The second-order valence-electron chi connectivity index (χ2n) is 4.96. The maximum absolute atomic E-state index is 11.6. The number of hydrogen-bond donors (Lipinski definition) is 1. The molecule has 0 bridgehead atoms. The maximum atomic E-state index is 11.6. The molecule has 0 aliphatic rings. The van der Waals surface area contributed by atoms with Gasteiger partial charge >= 0.3 is 5.97 Å². The van der Waals surface area contributed by atoms with Crippen LogP contribution in [-0.4, -0.2) is 31.3 Å². The van der Waals surface area contributed by atoms with E-state index in [0.717, 1.165) is 5.56 Å². The van der Waals surface area contributed by atoms with Gasteiger partial charge in [0, 0.05) is 10.6 Å². The van der Waals surface area contributed by atoms with Crippen LogP contribution in [0.2, 0.25) is 5.02 Å². The molecule has 21 heavy (non-hydrogen) atoms. The number of tetrazole rings is 1. The Labute approximate surface area is 127 Å². The monoisotopic (exact) mass is 308 g/mol. The zero-order chi connectivity index (χ0) is 15.5. The highest BCUT2D eigenvalue weighted by atomic mass is 35.5. The molecule has 2 aromatic rings. The number of rotatable bonds is 6. The Kier molecular flexibility index (Phi) is 4.57. The van der Waals surface area contributed by atoms with E-state index in [2.05, 4.69) is 15.5 Å². The summed E-state index contributed by atoms with van der Waals surface area (Å²) in [7, 11) is 0. The van der Waals surface area contributed by atoms with Crippen LogP contribution in [0.1, 0.15) is 26.7 Å². The lowest BCUT2D eigenvalue weighted by atomic mass is 9.82. The van der Waals surface area contributed by atoms with Crippen LogP contribution in [0.5, 0.6) is 0 Å². The zero-order valence-electron chi connectivity index (χ0n) is 12.0. The molecular weight excluding hydrogens is 292 g/mol. The van der Waals surface area contributed by atoms with E-state index < -0.39 is 11.4 Å². The molecule has 0 atom stereocenters. The summed E-state index contributed by atoms with van der Waals surface area (Å²) in [5.41, 5.74) is -0.0628. The van der Waals surface area contributed by atoms with E-state index in [1.165, 1.54) is 0 Å². The van der Waals surface area contributed by atoms with Crippen molar-refractivity contribution in [1.29, 1.82) is 0 Å². The quantitative estimate of drug-likeness (QED) is 0.887. The minimum atomic E-state index is -0.865. The lowest BCUT2D eigenvalue weighted by molar-refractivity contribution is -0.150. The SMILES string of the molecule is CCC(CC)(Cn1nnnc1-c1ccc(Cl)cc1)C(=O)O. The van der Waals surface area contributed by atoms with Crippen LogP contribution in [0.4, 0.5) is 0 Å². The van der Waals surface area contributed by atoms with E-state index in [-0.39, 0.29) is 6.54 Å². The van der Waals surface area contributed by atoms with Gasteiger partial charge in [0.15, 0.2) is 5.82 Å². The first-order valence-electron chi connectivity index (χ1n) is 6.78. The predicted octanol–water partition coefficient (Wildman–Crippen LogP) is 2.88. The van der Waals surface area contributed by atoms with E-state index in [1.54, 1.807) is 16.8 Å². The van der Waals surface area contributed by atoms with Crippen molar-refractivity contribution in [2.45, 2.75) is 33.2 Å². The molecule has 7 heteroatoms. The Morgan fingerprint density at radius 1 is 1.29 bits per heavy atom. The van der Waals surface area contributed by atoms with Gasteiger partial charge < -0.3 is 5.11 Å². The molecule has 0 spiro atoms. The van der Waals surface area contributed by atoms with E-state index in [9.17, 15) is 9.90 Å². The van der Waals surface area contributed by atoms with E-state index in [1.807, 2.05) is 26.0 Å². The third-order valence-electron chi connectivity index (χ3n) is 3.89. The number of carbonyl (C=O) groups is 1. The van der Waals surface area contributed by atoms with Gasteiger partial charge in [0.2, 0.25) is 0 Å². The van der Waals surface area contributed by atoms with Gasteiger partial charge in [-0.25, -0.2) is 4.68 Å². The summed E-state index contributed by atoms with van der Waals surface area (Å²) in [6.07, 6.45) is 1.03. The number of aromatic nitrogens is 4. The topological polar surface area (TPSA) is 80.9 Å². The third kappa shape index (κ3) is 3.05. The number of halogens is 1. The molecule has 0 saturated carbocycles. The first-order valence-corrected chi connectivity index (χ1v) is 7.15. The fraction of sp³-hybridized carbons (Fsp3) is 0.429. The van der Waals surface area contributed by atoms with Crippen molar-refractivity contribution >= 4 is 17.6 Å². The second kappa shape index (κ2) is 6.22. The predicted molar refractivity (Wildman–Crippen MR) is 78.9 cm³/mol. The van der Waals surface area contributed by atoms with Crippen LogP contribution < -0.4 is 0 Å². The summed E-state index contributed by atoms with van der Waals surface area (Å²) in [6.45, 7) is 3.97. The minimum absolute atomic E-state index is 0.236. The maximum Gasteiger partial charge on any atom is 0.311 e. The van der Waals surface area contributed by atoms with Gasteiger partial charge in [-0.2, -0.15) is 0 Å². The third-order valence-corrected chi connectivity index (χ3v) is 4.15. The Morgan fingerprint density at radius 3 is 2.43 bits per heavy atom. The molecule has 0 aliphatic heterocycles. The van der Waals surface area contributed by atoms with Gasteiger partial charge in [0.1, 0.15) is 0 Å². The van der Waals surface area contributed by atoms with Crippen molar-refractivity contribution in [2.24, 2.45) is 5.41 Å². The summed E-state index contributed by atoms with van der Waals surface area (Å²) < 4.78 is 1.55. The molecule has 112 valence electrons. The second-order valence-corrected chi connectivity index (χ2v) is 5.40. The van der Waals surface area contributed by atoms with Crippen LogP contribution in [0.15, 0.2) is 24.3 Å². The number of hydrogen-bond acceptors (Lipinski definition) is 4. The number of nitrogens with zero attached hydrogens (tertiary/aromatic N) is 4. The van der Waals surface area contributed by atoms with E-state index in [0.29, 0.717) is 23.7 Å². The molecule has 0 amide bonds. The van der Waals surface area contributed by atoms with Crippen molar-refractivity contribution in [1.82, 2.24) is 20.2 Å². The largest absolute Gasteiger partial charge is 0.481 e. The van der Waals surface area contributed by atoms with Crippen molar-refractivity contribution < 1.29 is 9.90 Å². The van der Waals surface area contributed by atoms with Crippen LogP contribution in [0.25, 0.3) is 11.4 Å². The van der Waals surface area contributed by atoms with Gasteiger partial charge in [0.05, 0.1) is 12.0 Å². The zero-order valence-corrected chi connectivity index (χ0v) is 12.7. The smallest absolute Gasteiger partial charge is 0.311 e. The Balaban J connectivity index is 2.36. The molecule has 0 fully saturated rings. The lowest BCUT2D eigenvalue weighted by Crippen LogP contribution is -2.35. The Bertz CT molecular complexity index is 620. The molecule has 6 nitrogen and oxygen atoms in total. The summed E-state index contributed by atoms with van der Waals surface area (Å²) in [5, 5.41) is 21.7. The van der Waals surface area contributed by atoms with Gasteiger partial charge in [-0.3, -0.25) is 4.79 Å². The fourth-order valence-corrected chi connectivity index (χ4v) is 2.37. The average molecular weight is 309 g/mol. The molecule has 0 saturated heterocycles. The summed E-state index contributed by atoms with van der Waals surface area (Å²) in [6, 6.07) is 7.12. The van der Waals surface area contributed by atoms with E-state index >= 15 is 0 Å². The van der Waals surface area contributed by atoms with Crippen molar-refractivity contribution in [2.75, 3.05) is 0 Å². The van der Waals surface area contributed by atoms with Gasteiger partial charge in [-0.15, -0.1) is 5.10 Å². The van der Waals surface area contributed by atoms with Crippen LogP contribution >= 0.6 is 11.6 Å². The molecule has 1 aromatic heterocycles. The van der Waals surface area contributed by atoms with Crippen molar-refractivity contribution in [3.8, 4) is 11.4 Å². The van der Waals surface area contributed by atoms with E-state index in [4.69, 9.17) is 11.6 Å². The number of aliphatic carboxylic acids is 1. The molecule has 0 aliphatic carbocycles. The molecule has 0 radical (unpaired) electrons. The van der Waals surface area contributed by atoms with Gasteiger partial charge in [0.25, 0.3) is 0 Å². The molecule has 0 unspecified atom stereocenters. The van der Waals surface area contributed by atoms with Gasteiger partial charge in [-0.1, -0.05) is 25.4 Å². The van der Waals surface area contributed by atoms with Crippen LogP contribution in [0, 0.1) is 5.41 Å². The lowest BCUT2D eigenvalue weighted by Gasteiger charge is -2.26. The standard InChI is InChI=1S/C14H17ClN4O2/c1-3-14(4-2,13(20)21)9-19-12(16-17-18-19)10-5-7-11(15)8-6-10/h5-8H,3-4,9H2,1-2H3,(H,20,21). The molecular formula is C14H17ClN4O2. The Hall–Kier alpha value is -1.95. The van der Waals surface area contributed by atoms with Crippen LogP contribution in [-0.2, 0) is 11.3 Å². The number of carboxylic acid groups (broad SMARTS) is 1. The first kappa shape index (κ1) is 15.4. The Morgan fingerprint density at radius 2 is 1.90 bits per heavy atom. The van der Waals surface area contributed by atoms with Gasteiger partial charge in [-0.05, 0) is 47.5 Å². The summed E-state index contributed by atoms with van der Waals surface area (Å²) >= 11 is 5.87. The number of carboxylic acids is 1. The average Bonchev–Trinajstić information content (AvgIpc) is 2.93. The number of benzene rings is 1. The van der Waals surface area contributed by atoms with Crippen molar-refractivity contribution in [3.05, 3.63) is 29.3 Å². The normalized spacial score (nSPS) is 11.6. The summed E-state index contributed by atoms with van der Waals surface area (Å²) in [5.74, 6) is -0.288. The highest BCUT2D eigenvalue weighted by Crippen LogP contribution is 2.30. The fourth-order valence-electron chi connectivity index (χ4n) is 2.25. The molecule has 2 rings (SSSR count). The first-order chi connectivity index (χ1) is 10.0. The highest BCUT2D eigenvalue weighted by molar-refractivity contribution is 6.30.